The third-order valence-electron chi connectivity index (χ3n) is 2.34. The molecule has 1 amide bonds. The van der Waals surface area contributed by atoms with Crippen LogP contribution in [0.15, 0.2) is 38.3 Å². The molecule has 0 spiro atoms. The molecule has 0 saturated carbocycles. The fraction of sp³-hybridized carbons (Fsp3) is 0.167. The predicted molar refractivity (Wildman–Crippen MR) is 71.7 cm³/mol. The van der Waals surface area contributed by atoms with Crippen LogP contribution in [0.2, 0.25) is 0 Å². The molecule has 0 saturated heterocycles. The van der Waals surface area contributed by atoms with Crippen molar-refractivity contribution in [1.29, 1.82) is 0 Å². The van der Waals surface area contributed by atoms with Crippen LogP contribution in [-0.2, 0) is 4.74 Å². The minimum Gasteiger partial charge on any atom is -0.455 e. The van der Waals surface area contributed by atoms with E-state index in [1.807, 2.05) is 24.3 Å². The Morgan fingerprint density at radius 1 is 1.44 bits per heavy atom. The van der Waals surface area contributed by atoms with Crippen molar-refractivity contribution >= 4 is 38.7 Å². The number of hydrogen-bond acceptors (Lipinski definition) is 4. The number of hydrogen-bond donors (Lipinski definition) is 1. The molecule has 0 aliphatic heterocycles. The molecule has 0 radical (unpaired) electrons. The van der Waals surface area contributed by atoms with E-state index in [1.165, 1.54) is 7.11 Å². The molecule has 18 heavy (non-hydrogen) atoms. The van der Waals surface area contributed by atoms with Crippen LogP contribution in [0.5, 0.6) is 0 Å². The summed E-state index contributed by atoms with van der Waals surface area (Å²) in [4.78, 5) is 10.9. The fourth-order valence-electron chi connectivity index (χ4n) is 1.42. The lowest BCUT2D eigenvalue weighted by Gasteiger charge is -1.97. The van der Waals surface area contributed by atoms with E-state index in [4.69, 9.17) is 4.42 Å². The van der Waals surface area contributed by atoms with E-state index in [9.17, 15) is 4.79 Å². The first-order chi connectivity index (χ1) is 8.60. The highest BCUT2D eigenvalue weighted by Crippen LogP contribution is 2.23. The molecule has 0 aliphatic carbocycles. The van der Waals surface area contributed by atoms with Gasteiger partial charge in [0.15, 0.2) is 5.76 Å². The zero-order valence-corrected chi connectivity index (χ0v) is 11.4. The second-order valence-electron chi connectivity index (χ2n) is 3.59. The Kier molecular flexibility index (Phi) is 3.66. The highest BCUT2D eigenvalue weighted by molar-refractivity contribution is 9.10. The number of hydrazone groups is 1. The topological polar surface area (TPSA) is 63.8 Å². The maximum Gasteiger partial charge on any atom is 0.427 e. The number of ether oxygens (including phenoxy) is 1. The minimum atomic E-state index is -0.617. The van der Waals surface area contributed by atoms with E-state index in [-0.39, 0.29) is 0 Å². The molecule has 5 nitrogen and oxygen atoms in total. The van der Waals surface area contributed by atoms with Gasteiger partial charge in [0.25, 0.3) is 0 Å². The van der Waals surface area contributed by atoms with Crippen molar-refractivity contribution in [3.8, 4) is 0 Å². The lowest BCUT2D eigenvalue weighted by Crippen LogP contribution is -2.18. The van der Waals surface area contributed by atoms with Crippen LogP contribution in [-0.4, -0.2) is 18.9 Å². The largest absolute Gasteiger partial charge is 0.455 e. The number of carbonyl (C=O) groups is 1. The number of amides is 1. The fourth-order valence-corrected chi connectivity index (χ4v) is 1.80. The first-order valence-electron chi connectivity index (χ1n) is 5.18. The Morgan fingerprint density at radius 3 is 2.94 bits per heavy atom. The summed E-state index contributed by atoms with van der Waals surface area (Å²) in [6.45, 7) is 1.74. The van der Waals surface area contributed by atoms with E-state index >= 15 is 0 Å². The monoisotopic (exact) mass is 310 g/mol. The summed E-state index contributed by atoms with van der Waals surface area (Å²) in [5.41, 5.74) is 3.57. The smallest absolute Gasteiger partial charge is 0.427 e. The van der Waals surface area contributed by atoms with Crippen molar-refractivity contribution in [3.63, 3.8) is 0 Å². The molecule has 1 N–H and O–H groups in total. The maximum absolute atomic E-state index is 10.9. The average Bonchev–Trinajstić information content (AvgIpc) is 2.78. The van der Waals surface area contributed by atoms with E-state index in [2.05, 4.69) is 31.2 Å². The Balaban J connectivity index is 2.28. The van der Waals surface area contributed by atoms with Crippen LogP contribution < -0.4 is 5.43 Å². The molecule has 2 aromatic rings. The summed E-state index contributed by atoms with van der Waals surface area (Å²) in [6.07, 6.45) is -0.617. The summed E-state index contributed by atoms with van der Waals surface area (Å²) in [5.74, 6) is 0.597. The lowest BCUT2D eigenvalue weighted by molar-refractivity contribution is 0.171. The normalized spacial score (nSPS) is 11.6. The molecule has 0 aliphatic rings. The number of halogens is 1. The SMILES string of the molecule is COC(=O)N/N=C(/C)c1cc2cc(Br)ccc2o1. The number of nitrogens with zero attached hydrogens (tertiary/aromatic N) is 1. The summed E-state index contributed by atoms with van der Waals surface area (Å²) in [7, 11) is 1.28. The average molecular weight is 311 g/mol. The zero-order chi connectivity index (χ0) is 13.1. The van der Waals surface area contributed by atoms with Gasteiger partial charge in [0.05, 0.1) is 7.11 Å². The molecular weight excluding hydrogens is 300 g/mol. The lowest BCUT2D eigenvalue weighted by atomic mass is 10.2. The highest BCUT2D eigenvalue weighted by atomic mass is 79.9. The molecule has 0 bridgehead atoms. The van der Waals surface area contributed by atoms with Crippen molar-refractivity contribution in [2.45, 2.75) is 6.92 Å². The van der Waals surface area contributed by atoms with Gasteiger partial charge in [0, 0.05) is 9.86 Å². The number of methoxy groups -OCH3 is 1. The van der Waals surface area contributed by atoms with Gasteiger partial charge in [-0.05, 0) is 31.2 Å². The molecule has 94 valence electrons. The Labute approximate surface area is 112 Å². The maximum atomic E-state index is 10.9. The van der Waals surface area contributed by atoms with Crippen LogP contribution >= 0.6 is 15.9 Å². The van der Waals surface area contributed by atoms with E-state index in [0.29, 0.717) is 11.5 Å². The first kappa shape index (κ1) is 12.6. The van der Waals surface area contributed by atoms with Crippen LogP contribution in [0.4, 0.5) is 4.79 Å². The third-order valence-corrected chi connectivity index (χ3v) is 2.83. The highest BCUT2D eigenvalue weighted by Gasteiger charge is 2.07. The molecule has 6 heteroatoms. The van der Waals surface area contributed by atoms with E-state index < -0.39 is 6.09 Å². The van der Waals surface area contributed by atoms with Gasteiger partial charge in [-0.15, -0.1) is 0 Å². The summed E-state index contributed by atoms with van der Waals surface area (Å²) in [5, 5.41) is 4.83. The number of fused-ring (bicyclic) bond motifs is 1. The van der Waals surface area contributed by atoms with Crippen molar-refractivity contribution in [2.24, 2.45) is 5.10 Å². The van der Waals surface area contributed by atoms with E-state index in [1.54, 1.807) is 6.92 Å². The second kappa shape index (κ2) is 5.22. The Hall–Kier alpha value is -1.82. The number of rotatable bonds is 2. The van der Waals surface area contributed by atoms with Gasteiger partial charge in [-0.2, -0.15) is 5.10 Å². The molecule has 2 rings (SSSR count). The van der Waals surface area contributed by atoms with Crippen LogP contribution in [0.3, 0.4) is 0 Å². The Morgan fingerprint density at radius 2 is 2.22 bits per heavy atom. The van der Waals surface area contributed by atoms with Gasteiger partial charge < -0.3 is 9.15 Å². The standard InChI is InChI=1S/C12H11BrN2O3/c1-7(14-15-12(16)17-2)11-6-8-5-9(13)3-4-10(8)18-11/h3-6H,1-2H3,(H,15,16)/b14-7-. The quantitative estimate of drug-likeness (QED) is 0.684. The molecule has 1 aromatic carbocycles. The summed E-state index contributed by atoms with van der Waals surface area (Å²) in [6, 6.07) is 7.57. The summed E-state index contributed by atoms with van der Waals surface area (Å²) < 4.78 is 11.0. The van der Waals surface area contributed by atoms with Crippen LogP contribution in [0, 0.1) is 0 Å². The van der Waals surface area contributed by atoms with Crippen LogP contribution in [0.25, 0.3) is 11.0 Å². The van der Waals surface area contributed by atoms with Gasteiger partial charge in [0.1, 0.15) is 11.3 Å². The molecule has 1 aromatic heterocycles. The third kappa shape index (κ3) is 2.70. The van der Waals surface area contributed by atoms with Gasteiger partial charge >= 0.3 is 6.09 Å². The van der Waals surface area contributed by atoms with Crippen molar-refractivity contribution < 1.29 is 13.9 Å². The van der Waals surface area contributed by atoms with Gasteiger partial charge in [-0.25, -0.2) is 10.2 Å². The number of benzene rings is 1. The van der Waals surface area contributed by atoms with Gasteiger partial charge in [-0.1, -0.05) is 15.9 Å². The first-order valence-corrected chi connectivity index (χ1v) is 5.97. The minimum absolute atomic E-state index is 0.563. The summed E-state index contributed by atoms with van der Waals surface area (Å²) >= 11 is 3.39. The molecule has 0 fully saturated rings. The van der Waals surface area contributed by atoms with Crippen molar-refractivity contribution in [1.82, 2.24) is 5.43 Å². The zero-order valence-electron chi connectivity index (χ0n) is 9.86. The van der Waals surface area contributed by atoms with E-state index in [0.717, 1.165) is 15.4 Å². The molecule has 0 atom stereocenters. The predicted octanol–water partition coefficient (Wildman–Crippen LogP) is 3.28. The van der Waals surface area contributed by atoms with Crippen molar-refractivity contribution in [2.75, 3.05) is 7.11 Å². The van der Waals surface area contributed by atoms with Gasteiger partial charge in [0.2, 0.25) is 0 Å². The molecule has 0 unspecified atom stereocenters. The molecule has 1 heterocycles. The van der Waals surface area contributed by atoms with Crippen LogP contribution in [0.1, 0.15) is 12.7 Å². The second-order valence-corrected chi connectivity index (χ2v) is 4.51. The molecular formula is C12H11BrN2O3. The number of carbonyl (C=O) groups excluding carboxylic acids is 1. The number of nitrogens with one attached hydrogen (secondary N) is 1. The number of furan rings is 1. The van der Waals surface area contributed by atoms with Crippen molar-refractivity contribution in [3.05, 3.63) is 34.5 Å². The Bertz CT molecular complexity index is 619. The van der Waals surface area contributed by atoms with Gasteiger partial charge in [-0.3, -0.25) is 0 Å².